The number of allylic oxidation sites excluding steroid dienone is 1. The maximum Gasteiger partial charge on any atom is 0.271 e. The molecule has 0 saturated heterocycles. The van der Waals surface area contributed by atoms with E-state index in [1.807, 2.05) is 46.9 Å². The van der Waals surface area contributed by atoms with Crippen molar-refractivity contribution in [2.24, 2.45) is 4.99 Å². The lowest BCUT2D eigenvalue weighted by atomic mass is 9.83. The Morgan fingerprint density at radius 1 is 1.16 bits per heavy atom. The highest BCUT2D eigenvalue weighted by Crippen LogP contribution is 2.41. The molecular formula is C27H17BrIN3O4S. The molecule has 0 spiro atoms. The Morgan fingerprint density at radius 3 is 2.78 bits per heavy atom. The second-order valence-corrected chi connectivity index (χ2v) is 11.9. The van der Waals surface area contributed by atoms with Crippen molar-refractivity contribution in [1.82, 2.24) is 4.57 Å². The quantitative estimate of drug-likeness (QED) is 0.180. The first kappa shape index (κ1) is 24.3. The van der Waals surface area contributed by atoms with E-state index in [0.29, 0.717) is 30.5 Å². The van der Waals surface area contributed by atoms with E-state index in [-0.39, 0.29) is 17.0 Å². The minimum atomic E-state index is -0.516. The van der Waals surface area contributed by atoms with E-state index in [0.717, 1.165) is 27.7 Å². The second kappa shape index (κ2) is 9.34. The van der Waals surface area contributed by atoms with E-state index in [1.165, 1.54) is 23.0 Å². The number of halogens is 2. The predicted molar refractivity (Wildman–Crippen MR) is 154 cm³/mol. The lowest BCUT2D eigenvalue weighted by molar-refractivity contribution is -0.384. The van der Waals surface area contributed by atoms with Gasteiger partial charge >= 0.3 is 0 Å². The fourth-order valence-corrected chi connectivity index (χ4v) is 7.51. The van der Waals surface area contributed by atoms with Crippen molar-refractivity contribution in [2.45, 2.75) is 18.9 Å². The number of nitro groups is 1. The Balaban J connectivity index is 1.64. The van der Waals surface area contributed by atoms with Crippen molar-refractivity contribution in [3.8, 4) is 5.75 Å². The monoisotopic (exact) mass is 685 g/mol. The van der Waals surface area contributed by atoms with Crippen LogP contribution >= 0.6 is 49.9 Å². The number of phenols is 1. The molecule has 0 unspecified atom stereocenters. The minimum absolute atomic E-state index is 0.0244. The summed E-state index contributed by atoms with van der Waals surface area (Å²) >= 11 is 6.75. The molecule has 1 aliphatic carbocycles. The molecule has 37 heavy (non-hydrogen) atoms. The van der Waals surface area contributed by atoms with Crippen molar-refractivity contribution < 1.29 is 10.0 Å². The number of thiazole rings is 1. The Labute approximate surface area is 236 Å². The number of aryl methyl sites for hydroxylation is 1. The molecule has 2 aliphatic rings. The number of rotatable bonds is 3. The van der Waals surface area contributed by atoms with E-state index in [2.05, 4.69) is 22.0 Å². The molecule has 6 rings (SSSR count). The smallest absolute Gasteiger partial charge is 0.271 e. The number of non-ortho nitro benzene ring substituents is 1. The average Bonchev–Trinajstić information content (AvgIpc) is 3.20. The number of aromatic nitrogens is 1. The first-order valence-electron chi connectivity index (χ1n) is 11.4. The van der Waals surface area contributed by atoms with E-state index < -0.39 is 11.0 Å². The first-order valence-corrected chi connectivity index (χ1v) is 14.1. The van der Waals surface area contributed by atoms with Crippen molar-refractivity contribution in [2.75, 3.05) is 0 Å². The number of nitro benzene ring substituents is 1. The summed E-state index contributed by atoms with van der Waals surface area (Å²) in [5, 5.41) is 22.2. The number of aromatic hydroxyl groups is 1. The van der Waals surface area contributed by atoms with Crippen molar-refractivity contribution in [3.63, 3.8) is 0 Å². The van der Waals surface area contributed by atoms with E-state index >= 15 is 0 Å². The second-order valence-electron chi connectivity index (χ2n) is 8.79. The SMILES string of the molecule is O=c1/c(=C\c2cc(Br)cc(I)c2O)sc2n1[C@@H](c1cccc([N+](=O)[O-])c1)C1=C(N=2)c2ccccc2CC1. The Hall–Kier alpha value is -3.09. The van der Waals surface area contributed by atoms with Gasteiger partial charge in [-0.1, -0.05) is 63.7 Å². The summed E-state index contributed by atoms with van der Waals surface area (Å²) in [4.78, 5) is 30.5. The maximum absolute atomic E-state index is 13.9. The van der Waals surface area contributed by atoms with Gasteiger partial charge in [0, 0.05) is 27.7 Å². The molecule has 10 heteroatoms. The fraction of sp³-hybridized carbons (Fsp3) is 0.111. The molecule has 2 heterocycles. The van der Waals surface area contributed by atoms with Gasteiger partial charge in [0.2, 0.25) is 0 Å². The van der Waals surface area contributed by atoms with Crippen molar-refractivity contribution in [1.29, 1.82) is 0 Å². The number of phenolic OH excluding ortho intramolecular Hbond substituents is 1. The molecule has 4 aromatic rings. The summed E-state index contributed by atoms with van der Waals surface area (Å²) in [7, 11) is 0. The number of fused-ring (bicyclic) bond motifs is 3. The Bertz CT molecular complexity index is 1840. The summed E-state index contributed by atoms with van der Waals surface area (Å²) in [6.07, 6.45) is 3.16. The van der Waals surface area contributed by atoms with Crippen molar-refractivity contribution >= 4 is 67.3 Å². The van der Waals surface area contributed by atoms with E-state index in [9.17, 15) is 20.0 Å². The topological polar surface area (TPSA) is 97.7 Å². The van der Waals surface area contributed by atoms with Gasteiger partial charge < -0.3 is 5.11 Å². The number of hydrogen-bond acceptors (Lipinski definition) is 6. The third-order valence-corrected chi connectivity index (χ3v) is 8.88. The van der Waals surface area contributed by atoms with Crippen LogP contribution < -0.4 is 14.9 Å². The first-order chi connectivity index (χ1) is 17.8. The van der Waals surface area contributed by atoms with Gasteiger partial charge in [0.05, 0.1) is 24.8 Å². The number of nitrogens with zero attached hydrogens (tertiary/aromatic N) is 3. The zero-order chi connectivity index (χ0) is 25.8. The van der Waals surface area contributed by atoms with Crippen LogP contribution in [0.3, 0.4) is 0 Å². The molecule has 1 N–H and O–H groups in total. The van der Waals surface area contributed by atoms with Crippen LogP contribution in [0, 0.1) is 13.7 Å². The number of hydrogen-bond donors (Lipinski definition) is 1. The van der Waals surface area contributed by atoms with Crippen molar-refractivity contribution in [3.05, 3.63) is 126 Å². The van der Waals surface area contributed by atoms with Crippen LogP contribution in [0.4, 0.5) is 5.69 Å². The normalized spacial score (nSPS) is 16.6. The zero-order valence-corrected chi connectivity index (χ0v) is 23.6. The minimum Gasteiger partial charge on any atom is -0.506 e. The van der Waals surface area contributed by atoms with Crippen LogP contribution in [0.2, 0.25) is 0 Å². The van der Waals surface area contributed by atoms with Crippen LogP contribution in [-0.4, -0.2) is 14.6 Å². The summed E-state index contributed by atoms with van der Waals surface area (Å²) in [6, 6.07) is 17.6. The van der Waals surface area contributed by atoms with Crippen LogP contribution in [0.1, 0.15) is 34.7 Å². The standard InChI is InChI=1S/C27H17BrIN3O4S/c28-17-10-16(25(33)21(29)13-17)12-22-26(34)31-24(15-5-3-6-18(11-15)32(35)36)20-9-8-14-4-1-2-7-19(14)23(20)30-27(31)37-22/h1-7,10-13,24,33H,8-9H2/b22-12+/t24-/m0/s1. The highest BCUT2D eigenvalue weighted by atomic mass is 127. The van der Waals surface area contributed by atoms with Crippen LogP contribution in [0.15, 0.2) is 80.5 Å². The summed E-state index contributed by atoms with van der Waals surface area (Å²) in [5.41, 5.74) is 4.92. The molecule has 0 fully saturated rings. The molecule has 7 nitrogen and oxygen atoms in total. The molecule has 1 aliphatic heterocycles. The van der Waals surface area contributed by atoms with E-state index in [1.54, 1.807) is 34.9 Å². The lowest BCUT2D eigenvalue weighted by Crippen LogP contribution is -2.38. The summed E-state index contributed by atoms with van der Waals surface area (Å²) in [6.45, 7) is 0. The molecule has 0 radical (unpaired) electrons. The Kier molecular flexibility index (Phi) is 6.12. The molecule has 0 amide bonds. The molecule has 1 atom stereocenters. The Morgan fingerprint density at radius 2 is 1.97 bits per heavy atom. The largest absolute Gasteiger partial charge is 0.506 e. The molecule has 3 aromatic carbocycles. The highest BCUT2D eigenvalue weighted by Gasteiger charge is 2.33. The fourth-order valence-electron chi connectivity index (χ4n) is 4.97. The zero-order valence-electron chi connectivity index (χ0n) is 19.0. The molecule has 0 saturated carbocycles. The van der Waals surface area contributed by atoms with Crippen LogP contribution in [0.5, 0.6) is 5.75 Å². The van der Waals surface area contributed by atoms with Crippen LogP contribution in [-0.2, 0) is 6.42 Å². The molecule has 1 aromatic heterocycles. The van der Waals surface area contributed by atoms with Gasteiger partial charge in [-0.05, 0) is 70.3 Å². The van der Waals surface area contributed by atoms with Gasteiger partial charge in [-0.15, -0.1) is 0 Å². The van der Waals surface area contributed by atoms with Gasteiger partial charge in [-0.2, -0.15) is 0 Å². The summed E-state index contributed by atoms with van der Waals surface area (Å²) < 4.78 is 3.51. The third kappa shape index (κ3) is 4.16. The van der Waals surface area contributed by atoms with Gasteiger partial charge in [0.15, 0.2) is 4.80 Å². The van der Waals surface area contributed by atoms with Gasteiger partial charge in [-0.3, -0.25) is 19.5 Å². The van der Waals surface area contributed by atoms with Gasteiger partial charge in [0.1, 0.15) is 5.75 Å². The molecule has 184 valence electrons. The number of benzene rings is 3. The predicted octanol–water partition coefficient (Wildman–Crippen LogP) is 5.30. The van der Waals surface area contributed by atoms with Crippen LogP contribution in [0.25, 0.3) is 11.8 Å². The molecule has 0 bridgehead atoms. The average molecular weight is 686 g/mol. The van der Waals surface area contributed by atoms with E-state index in [4.69, 9.17) is 4.99 Å². The summed E-state index contributed by atoms with van der Waals surface area (Å²) in [5.74, 6) is 0.0955. The highest BCUT2D eigenvalue weighted by molar-refractivity contribution is 14.1. The molecular weight excluding hydrogens is 669 g/mol. The lowest BCUT2D eigenvalue weighted by Gasteiger charge is -2.30. The van der Waals surface area contributed by atoms with Gasteiger partial charge in [-0.25, -0.2) is 4.99 Å². The third-order valence-electron chi connectivity index (χ3n) is 6.61. The maximum atomic E-state index is 13.9. The van der Waals surface area contributed by atoms with Gasteiger partial charge in [0.25, 0.3) is 11.2 Å².